The largest absolute Gasteiger partial charge is 1.00 e. The molecule has 4 rings (SSSR count). The van der Waals surface area contributed by atoms with E-state index >= 15 is 0 Å². The molecule has 0 unspecified atom stereocenters. The maximum absolute atomic E-state index is 3.33. The van der Waals surface area contributed by atoms with Gasteiger partial charge < -0.3 is 29.0 Å². The third kappa shape index (κ3) is 3.33. The van der Waals surface area contributed by atoms with E-state index in [0.717, 1.165) is 6.54 Å². The number of rotatable bonds is 3. The van der Waals surface area contributed by atoms with E-state index in [2.05, 4.69) is 96.3 Å². The first-order valence-corrected chi connectivity index (χ1v) is 8.43. The number of nitrogens with one attached hydrogen (secondary N) is 1. The van der Waals surface area contributed by atoms with E-state index < -0.39 is 0 Å². The number of halogens is 1. The van der Waals surface area contributed by atoms with E-state index in [-0.39, 0.29) is 24.0 Å². The Bertz CT molecular complexity index is 1060. The van der Waals surface area contributed by atoms with Gasteiger partial charge in [0.15, 0.2) is 0 Å². The quantitative estimate of drug-likeness (QED) is 0.372. The number of aromatic nitrogens is 2. The van der Waals surface area contributed by atoms with Crippen LogP contribution in [-0.2, 0) is 6.54 Å². The van der Waals surface area contributed by atoms with E-state index in [0.29, 0.717) is 0 Å². The van der Waals surface area contributed by atoms with Crippen LogP contribution in [0.2, 0.25) is 0 Å². The van der Waals surface area contributed by atoms with Crippen LogP contribution >= 0.6 is 0 Å². The zero-order valence-electron chi connectivity index (χ0n) is 14.5. The fraction of sp³-hybridized carbons (Fsp3) is 0.136. The summed E-state index contributed by atoms with van der Waals surface area (Å²) >= 11 is 0. The van der Waals surface area contributed by atoms with Gasteiger partial charge in [0.2, 0.25) is 11.2 Å². The predicted molar refractivity (Wildman–Crippen MR) is 102 cm³/mol. The third-order valence-electron chi connectivity index (χ3n) is 4.59. The fourth-order valence-corrected chi connectivity index (χ4v) is 3.36. The monoisotopic (exact) mass is 440 g/mol. The number of benzene rings is 2. The smallest absolute Gasteiger partial charge is 0.212 e. The van der Waals surface area contributed by atoms with Crippen LogP contribution in [0.4, 0.5) is 0 Å². The molecule has 3 heteroatoms. The Balaban J connectivity index is 0.00000182. The summed E-state index contributed by atoms with van der Waals surface area (Å²) in [6, 6.07) is 19.5. The summed E-state index contributed by atoms with van der Waals surface area (Å²) in [7, 11) is 0. The maximum atomic E-state index is 3.33. The highest BCUT2D eigenvalue weighted by Crippen LogP contribution is 2.20. The lowest BCUT2D eigenvalue weighted by Crippen LogP contribution is -3.00. The van der Waals surface area contributed by atoms with Crippen LogP contribution in [-0.4, -0.2) is 4.98 Å². The molecule has 0 aliphatic rings. The molecule has 0 aliphatic heterocycles. The molecule has 0 saturated heterocycles. The van der Waals surface area contributed by atoms with Gasteiger partial charge in [-0.05, 0) is 43.7 Å². The highest BCUT2D eigenvalue weighted by Gasteiger charge is 2.12. The summed E-state index contributed by atoms with van der Waals surface area (Å²) in [6.45, 7) is 5.29. The molecular formula is C22H21IN2. The number of pyridine rings is 1. The number of aromatic amines is 1. The van der Waals surface area contributed by atoms with E-state index in [1.54, 1.807) is 0 Å². The van der Waals surface area contributed by atoms with Crippen molar-refractivity contribution in [3.8, 4) is 0 Å². The van der Waals surface area contributed by atoms with E-state index in [9.17, 15) is 0 Å². The lowest BCUT2D eigenvalue weighted by molar-refractivity contribution is -0.669. The molecule has 0 radical (unpaired) electrons. The summed E-state index contributed by atoms with van der Waals surface area (Å²) in [5, 5.41) is 2.55. The molecule has 0 fully saturated rings. The second-order valence-electron chi connectivity index (χ2n) is 6.19. The van der Waals surface area contributed by atoms with Crippen molar-refractivity contribution in [3.63, 3.8) is 0 Å². The van der Waals surface area contributed by atoms with Crippen LogP contribution in [0.3, 0.4) is 0 Å². The van der Waals surface area contributed by atoms with Crippen molar-refractivity contribution >= 4 is 34.0 Å². The predicted octanol–water partition coefficient (Wildman–Crippen LogP) is 2.11. The molecule has 0 atom stereocenters. The van der Waals surface area contributed by atoms with Gasteiger partial charge in [0, 0.05) is 40.7 Å². The second kappa shape index (κ2) is 7.40. The van der Waals surface area contributed by atoms with Gasteiger partial charge in [-0.3, -0.25) is 0 Å². The molecule has 2 aromatic carbocycles. The summed E-state index contributed by atoms with van der Waals surface area (Å²) < 4.78 is 2.36. The van der Waals surface area contributed by atoms with Gasteiger partial charge in [-0.25, -0.2) is 0 Å². The number of hydrogen-bond donors (Lipinski definition) is 1. The van der Waals surface area contributed by atoms with E-state index in [1.165, 1.54) is 38.6 Å². The number of fused-ring (bicyclic) bond motifs is 2. The minimum absolute atomic E-state index is 0. The highest BCUT2D eigenvalue weighted by atomic mass is 127. The van der Waals surface area contributed by atoms with Crippen molar-refractivity contribution in [2.24, 2.45) is 0 Å². The zero-order valence-corrected chi connectivity index (χ0v) is 16.6. The lowest BCUT2D eigenvalue weighted by Gasteiger charge is -2.03. The van der Waals surface area contributed by atoms with Gasteiger partial charge in [-0.2, -0.15) is 4.57 Å². The van der Waals surface area contributed by atoms with Gasteiger partial charge in [0.1, 0.15) is 6.54 Å². The van der Waals surface area contributed by atoms with Gasteiger partial charge in [-0.15, -0.1) is 0 Å². The molecule has 2 heterocycles. The first kappa shape index (κ1) is 17.7. The Morgan fingerprint density at radius 1 is 1.00 bits per heavy atom. The molecule has 0 spiro atoms. The number of para-hydroxylation sites is 1. The van der Waals surface area contributed by atoms with Gasteiger partial charge in [0.25, 0.3) is 0 Å². The molecule has 1 N–H and O–H groups in total. The SMILES string of the molecule is CC[n+]1c(/C=C/c2c[nH]c3ccccc23)ccc2cc(C)ccc21.[I-]. The average Bonchev–Trinajstić information content (AvgIpc) is 3.02. The number of nitrogens with zero attached hydrogens (tertiary/aromatic N) is 1. The molecule has 0 saturated carbocycles. The Kier molecular flexibility index (Phi) is 5.23. The number of H-pyrrole nitrogens is 1. The Morgan fingerprint density at radius 2 is 1.84 bits per heavy atom. The van der Waals surface area contributed by atoms with Crippen molar-refractivity contribution in [2.45, 2.75) is 20.4 Å². The van der Waals surface area contributed by atoms with Crippen LogP contribution in [0.5, 0.6) is 0 Å². The third-order valence-corrected chi connectivity index (χ3v) is 4.59. The van der Waals surface area contributed by atoms with Crippen molar-refractivity contribution in [1.82, 2.24) is 4.98 Å². The molecular weight excluding hydrogens is 419 g/mol. The summed E-state index contributed by atoms with van der Waals surface area (Å²) in [4.78, 5) is 3.33. The Hall–Kier alpha value is -2.14. The Morgan fingerprint density at radius 3 is 2.68 bits per heavy atom. The van der Waals surface area contributed by atoms with Gasteiger partial charge >= 0.3 is 0 Å². The molecule has 0 amide bonds. The summed E-state index contributed by atoms with van der Waals surface area (Å²) in [6.07, 6.45) is 6.47. The minimum atomic E-state index is 0. The van der Waals surface area contributed by atoms with Crippen LogP contribution < -0.4 is 28.5 Å². The molecule has 2 nitrogen and oxygen atoms in total. The van der Waals surface area contributed by atoms with Crippen LogP contribution in [0, 0.1) is 6.92 Å². The van der Waals surface area contributed by atoms with Crippen LogP contribution in [0.25, 0.3) is 34.0 Å². The summed E-state index contributed by atoms with van der Waals surface area (Å²) in [5.41, 5.74) is 6.20. The molecule has 126 valence electrons. The van der Waals surface area contributed by atoms with Gasteiger partial charge in [0.05, 0.1) is 0 Å². The molecule has 0 bridgehead atoms. The van der Waals surface area contributed by atoms with E-state index in [4.69, 9.17) is 0 Å². The molecule has 4 aromatic rings. The number of hydrogen-bond acceptors (Lipinski definition) is 0. The van der Waals surface area contributed by atoms with Gasteiger partial charge in [-0.1, -0.05) is 29.8 Å². The zero-order chi connectivity index (χ0) is 16.5. The second-order valence-corrected chi connectivity index (χ2v) is 6.19. The van der Waals surface area contributed by atoms with Crippen LogP contribution in [0.15, 0.2) is 60.8 Å². The van der Waals surface area contributed by atoms with Crippen LogP contribution in [0.1, 0.15) is 23.7 Å². The fourth-order valence-electron chi connectivity index (χ4n) is 3.36. The maximum Gasteiger partial charge on any atom is 0.212 e. The van der Waals surface area contributed by atoms with E-state index in [1.807, 2.05) is 0 Å². The van der Waals surface area contributed by atoms with Crippen molar-refractivity contribution in [1.29, 1.82) is 0 Å². The average molecular weight is 440 g/mol. The lowest BCUT2D eigenvalue weighted by atomic mass is 10.1. The normalized spacial score (nSPS) is 11.3. The molecule has 2 aromatic heterocycles. The molecule has 25 heavy (non-hydrogen) atoms. The van der Waals surface area contributed by atoms with Crippen molar-refractivity contribution in [2.75, 3.05) is 0 Å². The summed E-state index contributed by atoms with van der Waals surface area (Å²) in [5.74, 6) is 0. The number of aryl methyl sites for hydroxylation is 2. The first-order valence-electron chi connectivity index (χ1n) is 8.43. The first-order chi connectivity index (χ1) is 11.8. The minimum Gasteiger partial charge on any atom is -1.00 e. The van der Waals surface area contributed by atoms with Crippen molar-refractivity contribution < 1.29 is 28.5 Å². The standard InChI is InChI=1S/C22H20N2.HI/c1-3-24-19(11-9-17-14-16(2)8-13-22(17)24)12-10-18-15-23-21-7-5-4-6-20(18)21;/h4-15H,3H2,1-2H3;1H. The molecule has 0 aliphatic carbocycles. The Labute approximate surface area is 165 Å². The topological polar surface area (TPSA) is 19.7 Å². The highest BCUT2D eigenvalue weighted by molar-refractivity contribution is 5.91. The van der Waals surface area contributed by atoms with Crippen molar-refractivity contribution in [3.05, 3.63) is 77.6 Å².